The highest BCUT2D eigenvalue weighted by molar-refractivity contribution is 6.48. The summed E-state index contributed by atoms with van der Waals surface area (Å²) < 4.78 is 98.0. The molecule has 2 aromatic carbocycles. The van der Waals surface area contributed by atoms with Crippen LogP contribution in [-0.2, 0) is 6.18 Å². The topological polar surface area (TPSA) is 72.1 Å². The third kappa shape index (κ3) is 7.05. The number of hydrazine groups is 1. The minimum absolute atomic E-state index is 0.0343. The maximum atomic E-state index is 15.0. The van der Waals surface area contributed by atoms with Gasteiger partial charge in [-0.1, -0.05) is 64.1 Å². The summed E-state index contributed by atoms with van der Waals surface area (Å²) in [5.74, 6) is -0.210. The smallest absolute Gasteiger partial charge is 0.267 e. The molecule has 0 aliphatic carbocycles. The predicted octanol–water partition coefficient (Wildman–Crippen LogP) is 8.94. The second-order valence-electron chi connectivity index (χ2n) is 7.61. The number of carbonyl (C=O) groups is 1. The molecule has 0 saturated heterocycles. The van der Waals surface area contributed by atoms with Crippen molar-refractivity contribution in [3.63, 3.8) is 0 Å². The number of nitrogens with two attached hydrogens (primary N) is 1. The number of aromatic nitrogens is 2. The molecule has 3 aromatic rings. The van der Waals surface area contributed by atoms with Gasteiger partial charge in [0.15, 0.2) is 10.3 Å². The summed E-state index contributed by atoms with van der Waals surface area (Å²) >= 11 is 28.7. The van der Waals surface area contributed by atoms with E-state index in [1.54, 1.807) is 0 Å². The standard InChI is InChI=1S/C22H10Cl5F7N4O/c23-13-4-9(5-14(24)18(13)26)11(21(29,30)31)6-15(28)8-1-2-10(12(3-8)22(32,33)34)20(39)38(35)16-7-17(25)36-37-19(16)27/h1-7,11H,35H2. The van der Waals surface area contributed by atoms with E-state index in [-0.39, 0.29) is 37.4 Å². The first-order chi connectivity index (χ1) is 17.9. The summed E-state index contributed by atoms with van der Waals surface area (Å²) in [5, 5.41) is 5.23. The molecule has 0 aliphatic rings. The molecule has 1 heterocycles. The Morgan fingerprint density at radius 3 is 2.05 bits per heavy atom. The van der Waals surface area contributed by atoms with Crippen molar-refractivity contribution >= 4 is 75.4 Å². The van der Waals surface area contributed by atoms with Crippen LogP contribution in [-0.4, -0.2) is 22.3 Å². The molecule has 3 rings (SSSR count). The van der Waals surface area contributed by atoms with E-state index >= 15 is 4.39 Å². The van der Waals surface area contributed by atoms with E-state index in [9.17, 15) is 31.1 Å². The lowest BCUT2D eigenvalue weighted by molar-refractivity contribution is -0.140. The van der Waals surface area contributed by atoms with Crippen LogP contribution >= 0.6 is 58.0 Å². The van der Waals surface area contributed by atoms with Crippen molar-refractivity contribution in [2.24, 2.45) is 5.84 Å². The number of nitrogens with zero attached hydrogens (tertiary/aromatic N) is 3. The number of amides is 1. The summed E-state index contributed by atoms with van der Waals surface area (Å²) in [6, 6.07) is 3.89. The first kappa shape index (κ1) is 31.2. The Labute approximate surface area is 239 Å². The largest absolute Gasteiger partial charge is 0.417 e. The van der Waals surface area contributed by atoms with Gasteiger partial charge >= 0.3 is 12.4 Å². The van der Waals surface area contributed by atoms with Crippen LogP contribution in [0.4, 0.5) is 36.4 Å². The molecule has 0 aliphatic heterocycles. The highest BCUT2D eigenvalue weighted by atomic mass is 35.5. The predicted molar refractivity (Wildman–Crippen MR) is 134 cm³/mol. The second kappa shape index (κ2) is 11.6. The Balaban J connectivity index is 2.10. The van der Waals surface area contributed by atoms with Gasteiger partial charge in [0.25, 0.3) is 5.91 Å². The molecule has 17 heteroatoms. The van der Waals surface area contributed by atoms with E-state index < -0.39 is 63.1 Å². The van der Waals surface area contributed by atoms with Gasteiger partial charge < -0.3 is 0 Å². The Morgan fingerprint density at radius 2 is 1.51 bits per heavy atom. The molecule has 0 spiro atoms. The van der Waals surface area contributed by atoms with E-state index in [2.05, 4.69) is 10.2 Å². The minimum atomic E-state index is -5.26. The van der Waals surface area contributed by atoms with Gasteiger partial charge in [0.2, 0.25) is 0 Å². The Bertz CT molecular complexity index is 1440. The first-order valence-corrected chi connectivity index (χ1v) is 11.9. The fourth-order valence-electron chi connectivity index (χ4n) is 3.24. The van der Waals surface area contributed by atoms with E-state index in [1.807, 2.05) is 0 Å². The van der Waals surface area contributed by atoms with Gasteiger partial charge in [0.1, 0.15) is 17.4 Å². The first-order valence-electron chi connectivity index (χ1n) is 9.99. The van der Waals surface area contributed by atoms with Crippen molar-refractivity contribution in [2.75, 3.05) is 5.01 Å². The van der Waals surface area contributed by atoms with Gasteiger partial charge in [-0.2, -0.15) is 26.3 Å². The summed E-state index contributed by atoms with van der Waals surface area (Å²) in [4.78, 5) is 12.8. The summed E-state index contributed by atoms with van der Waals surface area (Å²) in [6.45, 7) is 0. The van der Waals surface area contributed by atoms with E-state index in [0.29, 0.717) is 12.1 Å². The van der Waals surface area contributed by atoms with Crippen LogP contribution < -0.4 is 10.9 Å². The van der Waals surface area contributed by atoms with Crippen molar-refractivity contribution in [2.45, 2.75) is 18.3 Å². The number of allylic oxidation sites excluding steroid dienone is 1. The summed E-state index contributed by atoms with van der Waals surface area (Å²) in [7, 11) is 0. The third-order valence-corrected chi connectivity index (χ3v) is 6.69. The zero-order chi connectivity index (χ0) is 29.4. The maximum Gasteiger partial charge on any atom is 0.417 e. The van der Waals surface area contributed by atoms with Crippen LogP contribution in [0.2, 0.25) is 25.4 Å². The number of anilines is 1. The maximum absolute atomic E-state index is 15.0. The molecule has 0 saturated carbocycles. The molecule has 5 nitrogen and oxygen atoms in total. The molecule has 208 valence electrons. The highest BCUT2D eigenvalue weighted by Crippen LogP contribution is 2.43. The number of alkyl halides is 6. The minimum Gasteiger partial charge on any atom is -0.267 e. The average molecular weight is 657 g/mol. The van der Waals surface area contributed by atoms with Crippen LogP contribution in [0.15, 0.2) is 42.5 Å². The average Bonchev–Trinajstić information content (AvgIpc) is 2.84. The van der Waals surface area contributed by atoms with E-state index in [4.69, 9.17) is 63.8 Å². The number of benzene rings is 2. The van der Waals surface area contributed by atoms with Crippen LogP contribution in [0.25, 0.3) is 5.83 Å². The summed E-state index contributed by atoms with van der Waals surface area (Å²) in [6.07, 6.45) is -10.3. The van der Waals surface area contributed by atoms with Crippen molar-refractivity contribution < 1.29 is 35.5 Å². The zero-order valence-corrected chi connectivity index (χ0v) is 22.3. The number of hydrogen-bond donors (Lipinski definition) is 1. The number of hydrogen-bond acceptors (Lipinski definition) is 4. The molecule has 1 aromatic heterocycles. The fraction of sp³-hybridized carbons (Fsp3) is 0.136. The summed E-state index contributed by atoms with van der Waals surface area (Å²) in [5.41, 5.74) is -4.73. The van der Waals surface area contributed by atoms with Gasteiger partial charge in [-0.15, -0.1) is 10.2 Å². The second-order valence-corrected chi connectivity index (χ2v) is 9.55. The van der Waals surface area contributed by atoms with Crippen LogP contribution in [0.1, 0.15) is 33.0 Å². The molecule has 0 fully saturated rings. The van der Waals surface area contributed by atoms with Crippen molar-refractivity contribution in [3.05, 3.63) is 90.1 Å². The number of halogens is 12. The molecular weight excluding hydrogens is 647 g/mol. The van der Waals surface area contributed by atoms with Gasteiger partial charge in [-0.05, 0) is 35.9 Å². The highest BCUT2D eigenvalue weighted by Gasteiger charge is 2.41. The molecule has 1 amide bonds. The van der Waals surface area contributed by atoms with Gasteiger partial charge in [0, 0.05) is 11.6 Å². The van der Waals surface area contributed by atoms with Crippen molar-refractivity contribution in [1.29, 1.82) is 0 Å². The molecular formula is C22H10Cl5F7N4O. The van der Waals surface area contributed by atoms with Gasteiger partial charge in [-0.3, -0.25) is 4.79 Å². The van der Waals surface area contributed by atoms with E-state index in [0.717, 1.165) is 18.2 Å². The van der Waals surface area contributed by atoms with Gasteiger partial charge in [0.05, 0.1) is 26.2 Å². The molecule has 2 N–H and O–H groups in total. The molecule has 0 bridgehead atoms. The van der Waals surface area contributed by atoms with Crippen LogP contribution in [0.5, 0.6) is 0 Å². The SMILES string of the molecule is NN(C(=O)c1ccc(C(F)=CC(c2cc(Cl)c(Cl)c(Cl)c2)C(F)(F)F)cc1C(F)(F)F)c1cc(Cl)nnc1Cl. The Hall–Kier alpha value is -2.35. The van der Waals surface area contributed by atoms with Gasteiger partial charge in [-0.25, -0.2) is 15.2 Å². The lowest BCUT2D eigenvalue weighted by Gasteiger charge is -2.21. The lowest BCUT2D eigenvalue weighted by Crippen LogP contribution is -2.39. The molecule has 1 atom stereocenters. The normalized spacial score (nSPS) is 13.4. The number of carbonyl (C=O) groups excluding carboxylic acids is 1. The zero-order valence-electron chi connectivity index (χ0n) is 18.5. The van der Waals surface area contributed by atoms with E-state index in [1.165, 1.54) is 0 Å². The Morgan fingerprint density at radius 1 is 0.923 bits per heavy atom. The molecule has 39 heavy (non-hydrogen) atoms. The third-order valence-electron chi connectivity index (χ3n) is 5.04. The van der Waals surface area contributed by atoms with Crippen molar-refractivity contribution in [3.8, 4) is 0 Å². The number of rotatable bonds is 5. The lowest BCUT2D eigenvalue weighted by atomic mass is 9.95. The van der Waals surface area contributed by atoms with Crippen LogP contribution in [0, 0.1) is 0 Å². The Kier molecular flexibility index (Phi) is 9.30. The fourth-order valence-corrected chi connectivity index (χ4v) is 4.18. The van der Waals surface area contributed by atoms with Crippen LogP contribution in [0.3, 0.4) is 0 Å². The van der Waals surface area contributed by atoms with Crippen molar-refractivity contribution in [1.82, 2.24) is 10.2 Å². The monoisotopic (exact) mass is 654 g/mol. The molecule has 0 radical (unpaired) electrons. The quantitative estimate of drug-likeness (QED) is 0.0979. The molecule has 1 unspecified atom stereocenters.